The Bertz CT molecular complexity index is 468. The Hall–Kier alpha value is -0.287. The van der Waals surface area contributed by atoms with Crippen LogP contribution < -0.4 is 10.4 Å². The van der Waals surface area contributed by atoms with Crippen LogP contribution >= 0.6 is 11.6 Å². The van der Waals surface area contributed by atoms with Crippen molar-refractivity contribution in [2.24, 2.45) is 5.41 Å². The Balaban J connectivity index is 0.00000200. The number of halogens is 1. The molecule has 0 amide bonds. The summed E-state index contributed by atoms with van der Waals surface area (Å²) in [4.78, 5) is 0. The Labute approximate surface area is 145 Å². The van der Waals surface area contributed by atoms with Crippen molar-refractivity contribution in [3.63, 3.8) is 0 Å². The van der Waals surface area contributed by atoms with Crippen LogP contribution in [0.4, 0.5) is 0 Å². The van der Waals surface area contributed by atoms with Crippen molar-refractivity contribution < 1.29 is 0 Å². The van der Waals surface area contributed by atoms with Gasteiger partial charge in [0.25, 0.3) is 0 Å². The summed E-state index contributed by atoms with van der Waals surface area (Å²) < 4.78 is 0. The summed E-state index contributed by atoms with van der Waals surface area (Å²) in [6.45, 7) is 6.70. The van der Waals surface area contributed by atoms with Gasteiger partial charge in [0, 0.05) is 5.00 Å². The predicted octanol–water partition coefficient (Wildman–Crippen LogP) is 2.30. The van der Waals surface area contributed by atoms with Gasteiger partial charge in [-0.2, -0.15) is 0 Å². The smallest absolute Gasteiger partial charge is 0.125 e. The molecule has 0 radical (unpaired) electrons. The lowest BCUT2D eigenvalue weighted by molar-refractivity contribution is 0.447. The van der Waals surface area contributed by atoms with Gasteiger partial charge in [0.05, 0.1) is 0 Å². The van der Waals surface area contributed by atoms with Crippen LogP contribution in [0.5, 0.6) is 0 Å². The van der Waals surface area contributed by atoms with Crippen LogP contribution in [-0.4, -0.2) is 36.8 Å². The number of benzene rings is 2. The third-order valence-electron chi connectivity index (χ3n) is 3.44. The monoisotopic (exact) mass is 314 g/mol. The molecule has 0 aliphatic rings. The molecule has 0 N–H and O–H groups in total. The molecule has 2 aromatic rings. The van der Waals surface area contributed by atoms with E-state index < -0.39 is 8.80 Å². The molecule has 0 heterocycles. The van der Waals surface area contributed by atoms with E-state index in [4.69, 9.17) is 11.6 Å². The quantitative estimate of drug-likeness (QED) is 0.602. The van der Waals surface area contributed by atoms with E-state index in [9.17, 15) is 0 Å². The molecule has 2 rings (SSSR count). The molecule has 1 atom stereocenters. The van der Waals surface area contributed by atoms with Crippen molar-refractivity contribution in [3.8, 4) is 0 Å². The minimum atomic E-state index is -1.40. The maximum atomic E-state index is 6.85. The van der Waals surface area contributed by atoms with Crippen LogP contribution in [0, 0.1) is 5.41 Å². The first-order chi connectivity index (χ1) is 9.00. The molecule has 0 aromatic heterocycles. The van der Waals surface area contributed by atoms with Gasteiger partial charge in [-0.15, -0.1) is 11.6 Å². The average Bonchev–Trinajstić information content (AvgIpc) is 2.40. The molecule has 0 saturated carbocycles. The molecule has 3 heteroatoms. The highest BCUT2D eigenvalue weighted by molar-refractivity contribution is 6.91. The summed E-state index contributed by atoms with van der Waals surface area (Å²) in [6.07, 6.45) is 0. The van der Waals surface area contributed by atoms with Gasteiger partial charge < -0.3 is 0 Å². The van der Waals surface area contributed by atoms with Crippen LogP contribution in [0.25, 0.3) is 0 Å². The fraction of sp³-hybridized carbons (Fsp3) is 0.294. The molecule has 0 nitrogen and oxygen atoms in total. The van der Waals surface area contributed by atoms with Gasteiger partial charge in [-0.3, -0.25) is 0 Å². The number of hydrogen-bond acceptors (Lipinski definition) is 0. The molecular formula is C17H23ClMgSi. The second kappa shape index (κ2) is 7.64. The zero-order valence-electron chi connectivity index (χ0n) is 11.8. The Morgan fingerprint density at radius 1 is 0.800 bits per heavy atom. The maximum Gasteiger partial charge on any atom is 0.316 e. The van der Waals surface area contributed by atoms with E-state index in [1.807, 2.05) is 0 Å². The first-order valence-corrected chi connectivity index (χ1v) is 9.00. The molecule has 0 fully saturated rings. The van der Waals surface area contributed by atoms with E-state index in [1.54, 1.807) is 0 Å². The molecule has 0 saturated heterocycles. The summed E-state index contributed by atoms with van der Waals surface area (Å²) in [5.74, 6) is 0. The van der Waals surface area contributed by atoms with E-state index in [1.165, 1.54) is 10.4 Å². The molecule has 104 valence electrons. The second-order valence-corrected chi connectivity index (χ2v) is 9.91. The van der Waals surface area contributed by atoms with Gasteiger partial charge in [-0.05, 0) is 5.41 Å². The van der Waals surface area contributed by atoms with Crippen molar-refractivity contribution in [2.45, 2.75) is 25.8 Å². The molecular weight excluding hydrogens is 292 g/mol. The standard InChI is InChI=1S/C17H21ClSi.Mg.2H/c1-17(2,3)16(18)19(14-10-6-4-7-11-14)15-12-8-5-9-13-15;;;/h4-13,16,19H,1-3H3;;;. The minimum absolute atomic E-state index is 0. The van der Waals surface area contributed by atoms with Crippen molar-refractivity contribution in [1.29, 1.82) is 0 Å². The normalized spacial score (nSPS) is 12.8. The molecule has 2 aromatic carbocycles. The SMILES string of the molecule is CC(C)(C)C(Cl)[SiH](c1ccccc1)c1ccccc1.[MgH2]. The van der Waals surface area contributed by atoms with Crippen molar-refractivity contribution in [2.75, 3.05) is 0 Å². The van der Waals surface area contributed by atoms with Gasteiger partial charge in [0.15, 0.2) is 0 Å². The van der Waals surface area contributed by atoms with Crippen LogP contribution in [0.3, 0.4) is 0 Å². The van der Waals surface area contributed by atoms with Crippen molar-refractivity contribution >= 4 is 53.8 Å². The molecule has 1 unspecified atom stereocenters. The Kier molecular flexibility index (Phi) is 6.79. The largest absolute Gasteiger partial charge is 0.316 e. The first-order valence-electron chi connectivity index (χ1n) is 6.74. The number of rotatable bonds is 3. The van der Waals surface area contributed by atoms with Crippen LogP contribution in [0.2, 0.25) is 0 Å². The topological polar surface area (TPSA) is 0 Å². The second-order valence-electron chi connectivity index (χ2n) is 6.07. The van der Waals surface area contributed by atoms with Gasteiger partial charge in [-0.25, -0.2) is 0 Å². The maximum absolute atomic E-state index is 6.85. The van der Waals surface area contributed by atoms with E-state index in [0.29, 0.717) is 0 Å². The van der Waals surface area contributed by atoms with Crippen molar-refractivity contribution in [3.05, 3.63) is 60.7 Å². The van der Waals surface area contributed by atoms with Gasteiger partial charge in [0.2, 0.25) is 0 Å². The molecule has 0 spiro atoms. The Morgan fingerprint density at radius 3 is 1.45 bits per heavy atom. The van der Waals surface area contributed by atoms with Crippen LogP contribution in [0.1, 0.15) is 20.8 Å². The first kappa shape index (κ1) is 17.8. The zero-order chi connectivity index (χ0) is 13.9. The van der Waals surface area contributed by atoms with E-state index in [0.717, 1.165) is 0 Å². The average molecular weight is 315 g/mol. The van der Waals surface area contributed by atoms with Gasteiger partial charge in [0.1, 0.15) is 8.80 Å². The highest BCUT2D eigenvalue weighted by atomic mass is 35.5. The fourth-order valence-corrected chi connectivity index (χ4v) is 6.56. The van der Waals surface area contributed by atoms with Gasteiger partial charge in [-0.1, -0.05) is 91.8 Å². The lowest BCUT2D eigenvalue weighted by Crippen LogP contribution is -2.53. The van der Waals surface area contributed by atoms with Crippen molar-refractivity contribution in [1.82, 2.24) is 0 Å². The Morgan fingerprint density at radius 2 is 1.15 bits per heavy atom. The molecule has 0 aliphatic heterocycles. The summed E-state index contributed by atoms with van der Waals surface area (Å²) >= 11 is 6.85. The number of alkyl halides is 1. The van der Waals surface area contributed by atoms with Crippen LogP contribution in [-0.2, 0) is 0 Å². The van der Waals surface area contributed by atoms with Crippen LogP contribution in [0.15, 0.2) is 60.7 Å². The zero-order valence-corrected chi connectivity index (χ0v) is 13.7. The molecule has 20 heavy (non-hydrogen) atoms. The fourth-order valence-electron chi connectivity index (χ4n) is 2.35. The van der Waals surface area contributed by atoms with E-state index in [-0.39, 0.29) is 33.5 Å². The van der Waals surface area contributed by atoms with Gasteiger partial charge >= 0.3 is 23.1 Å². The summed E-state index contributed by atoms with van der Waals surface area (Å²) in [5, 5.41) is 3.03. The minimum Gasteiger partial charge on any atom is -0.125 e. The summed E-state index contributed by atoms with van der Waals surface area (Å²) in [7, 11) is -1.40. The highest BCUT2D eigenvalue weighted by Gasteiger charge is 2.33. The summed E-state index contributed by atoms with van der Waals surface area (Å²) in [6, 6.07) is 21.5. The van der Waals surface area contributed by atoms with E-state index in [2.05, 4.69) is 81.4 Å². The predicted molar refractivity (Wildman–Crippen MR) is 96.9 cm³/mol. The third kappa shape index (κ3) is 4.35. The lowest BCUT2D eigenvalue weighted by atomic mass is 10.00. The summed E-state index contributed by atoms with van der Waals surface area (Å²) in [5.41, 5.74) is 0.115. The highest BCUT2D eigenvalue weighted by Crippen LogP contribution is 2.26. The molecule has 0 aliphatic carbocycles. The third-order valence-corrected chi connectivity index (χ3v) is 8.64. The number of hydrogen-bond donors (Lipinski definition) is 0. The van der Waals surface area contributed by atoms with E-state index >= 15 is 0 Å². The lowest BCUT2D eigenvalue weighted by Gasteiger charge is -2.32. The molecule has 0 bridgehead atoms.